The summed E-state index contributed by atoms with van der Waals surface area (Å²) in [6.07, 6.45) is 0. The Morgan fingerprint density at radius 2 is 2.00 bits per heavy atom. The average Bonchev–Trinajstić information content (AvgIpc) is 2.11. The lowest BCUT2D eigenvalue weighted by atomic mass is 10.1. The third kappa shape index (κ3) is 1.07. The van der Waals surface area contributed by atoms with Gasteiger partial charge in [-0.25, -0.2) is 4.79 Å². The highest BCUT2D eigenvalue weighted by molar-refractivity contribution is 5.74. The highest BCUT2D eigenvalue weighted by atomic mass is 16.2. The number of hydrogen-bond acceptors (Lipinski definition) is 3. The zero-order valence-electron chi connectivity index (χ0n) is 6.20. The minimum Gasteiger partial charge on any atom is -0.242 e. The molecule has 0 atom stereocenters. The van der Waals surface area contributed by atoms with E-state index in [0.717, 1.165) is 0 Å². The third-order valence-corrected chi connectivity index (χ3v) is 1.08. The van der Waals surface area contributed by atoms with Crippen molar-refractivity contribution in [2.75, 3.05) is 0 Å². The minimum atomic E-state index is -0.396. The maximum Gasteiger partial charge on any atom is 0.386 e. The third-order valence-electron chi connectivity index (χ3n) is 1.08. The second kappa shape index (κ2) is 1.93. The molecule has 1 heterocycles. The van der Waals surface area contributed by atoms with Gasteiger partial charge in [0.2, 0.25) is 0 Å². The summed E-state index contributed by atoms with van der Waals surface area (Å²) in [7, 11) is 0. The van der Waals surface area contributed by atoms with Gasteiger partial charge in [-0.15, -0.1) is 0 Å². The number of amides is 2. The molecule has 0 aliphatic carbocycles. The van der Waals surface area contributed by atoms with E-state index in [4.69, 9.17) is 0 Å². The van der Waals surface area contributed by atoms with Gasteiger partial charge in [0.25, 0.3) is 0 Å². The van der Waals surface area contributed by atoms with Crippen molar-refractivity contribution in [1.82, 2.24) is 10.4 Å². The predicted octanol–water partition coefficient (Wildman–Crippen LogP) is 1.11. The Balaban J connectivity index is 2.73. The Bertz CT molecular complexity index is 181. The van der Waals surface area contributed by atoms with E-state index in [1.165, 1.54) is 5.01 Å². The molecule has 55 valence electrons. The average molecular weight is 141 g/mol. The molecule has 2 amide bonds. The Morgan fingerprint density at radius 1 is 1.40 bits per heavy atom. The number of hydrogen-bond donors (Lipinski definition) is 0. The molecule has 0 aromatic rings. The van der Waals surface area contributed by atoms with Crippen LogP contribution in [0.1, 0.15) is 20.8 Å². The highest BCUT2D eigenvalue weighted by Crippen LogP contribution is 2.16. The molecule has 0 unspecified atom stereocenters. The largest absolute Gasteiger partial charge is 0.386 e. The molecule has 0 N–H and O–H groups in total. The normalized spacial score (nSPS) is 17.9. The van der Waals surface area contributed by atoms with E-state index >= 15 is 0 Å². The molecule has 1 rings (SSSR count). The lowest BCUT2D eigenvalue weighted by Gasteiger charge is -2.24. The van der Waals surface area contributed by atoms with E-state index in [9.17, 15) is 4.79 Å². The van der Waals surface area contributed by atoms with Gasteiger partial charge in [0, 0.05) is 0 Å². The Kier molecular flexibility index (Phi) is 1.35. The molecular formula is C5H9N4O. The second-order valence-corrected chi connectivity index (χ2v) is 3.04. The van der Waals surface area contributed by atoms with Crippen LogP contribution in [0.3, 0.4) is 0 Å². The maximum atomic E-state index is 10.8. The van der Waals surface area contributed by atoms with Gasteiger partial charge in [-0.1, -0.05) is 5.43 Å². The lowest BCUT2D eigenvalue weighted by Crippen LogP contribution is -2.40. The van der Waals surface area contributed by atoms with Crippen LogP contribution < -0.4 is 5.43 Å². The molecule has 0 spiro atoms. The lowest BCUT2D eigenvalue weighted by molar-refractivity contribution is 0.160. The number of carbonyl (C=O) groups is 1. The molecule has 0 fully saturated rings. The topological polar surface area (TPSA) is 59.1 Å². The fourth-order valence-corrected chi connectivity index (χ4v) is 0.600. The summed E-state index contributed by atoms with van der Waals surface area (Å²) in [5.74, 6) is 0. The summed E-state index contributed by atoms with van der Waals surface area (Å²) >= 11 is 0. The number of rotatable bonds is 0. The Morgan fingerprint density at radius 3 is 2.20 bits per heavy atom. The maximum absolute atomic E-state index is 10.8. The van der Waals surface area contributed by atoms with Gasteiger partial charge in [0.15, 0.2) is 0 Å². The predicted molar refractivity (Wildman–Crippen MR) is 34.0 cm³/mol. The minimum absolute atomic E-state index is 0.319. The molecule has 5 heteroatoms. The molecule has 5 nitrogen and oxygen atoms in total. The molecule has 1 radical (unpaired) electrons. The Labute approximate surface area is 59.1 Å². The van der Waals surface area contributed by atoms with Crippen molar-refractivity contribution in [2.45, 2.75) is 26.3 Å². The SMILES string of the molecule is CC(C)(C)N1N=N[N]C1=O. The van der Waals surface area contributed by atoms with Crippen molar-refractivity contribution in [3.05, 3.63) is 0 Å². The molecule has 0 bridgehead atoms. The van der Waals surface area contributed by atoms with Crippen molar-refractivity contribution >= 4 is 6.03 Å². The van der Waals surface area contributed by atoms with Crippen LogP contribution in [-0.2, 0) is 0 Å². The number of carbonyl (C=O) groups excluding carboxylic acids is 1. The van der Waals surface area contributed by atoms with Gasteiger partial charge < -0.3 is 0 Å². The van der Waals surface area contributed by atoms with Gasteiger partial charge in [0.1, 0.15) is 0 Å². The van der Waals surface area contributed by atoms with Crippen LogP contribution in [0.4, 0.5) is 4.79 Å². The fourth-order valence-electron chi connectivity index (χ4n) is 0.600. The Hall–Kier alpha value is -1.13. The van der Waals surface area contributed by atoms with Gasteiger partial charge in [-0.05, 0) is 31.2 Å². The van der Waals surface area contributed by atoms with Gasteiger partial charge in [-0.3, -0.25) is 0 Å². The summed E-state index contributed by atoms with van der Waals surface area (Å²) in [6.45, 7) is 5.60. The molecule has 0 saturated carbocycles. The molecule has 0 aromatic heterocycles. The van der Waals surface area contributed by atoms with Crippen LogP contribution >= 0.6 is 0 Å². The molecule has 10 heavy (non-hydrogen) atoms. The standard InChI is InChI=1S/C5H9N4O/c1-5(2,3)9-4(10)6-7-8-9/h1-3H3. The van der Waals surface area contributed by atoms with Crippen molar-refractivity contribution in [3.8, 4) is 0 Å². The van der Waals surface area contributed by atoms with Gasteiger partial charge in [0.05, 0.1) is 5.54 Å². The number of urea groups is 1. The first-order chi connectivity index (χ1) is 4.52. The smallest absolute Gasteiger partial charge is 0.242 e. The van der Waals surface area contributed by atoms with Crippen molar-refractivity contribution in [2.24, 2.45) is 10.4 Å². The van der Waals surface area contributed by atoms with E-state index in [0.29, 0.717) is 0 Å². The monoisotopic (exact) mass is 141 g/mol. The van der Waals surface area contributed by atoms with Crippen LogP contribution in [0.25, 0.3) is 0 Å². The van der Waals surface area contributed by atoms with Crippen molar-refractivity contribution in [1.29, 1.82) is 0 Å². The first-order valence-corrected chi connectivity index (χ1v) is 2.97. The highest BCUT2D eigenvalue weighted by Gasteiger charge is 2.31. The second-order valence-electron chi connectivity index (χ2n) is 3.04. The quantitative estimate of drug-likeness (QED) is 0.498. The van der Waals surface area contributed by atoms with Crippen LogP contribution in [0.5, 0.6) is 0 Å². The van der Waals surface area contributed by atoms with E-state index < -0.39 is 6.03 Å². The zero-order valence-corrected chi connectivity index (χ0v) is 6.20. The summed E-state index contributed by atoms with van der Waals surface area (Å²) < 4.78 is 0. The van der Waals surface area contributed by atoms with Crippen molar-refractivity contribution < 1.29 is 4.79 Å². The molecule has 1 aliphatic rings. The van der Waals surface area contributed by atoms with Crippen LogP contribution in [0.2, 0.25) is 0 Å². The molecule has 0 saturated heterocycles. The first-order valence-electron chi connectivity index (χ1n) is 2.97. The summed E-state index contributed by atoms with van der Waals surface area (Å²) in [4.78, 5) is 10.8. The molecular weight excluding hydrogens is 132 g/mol. The summed E-state index contributed by atoms with van der Waals surface area (Å²) in [5.41, 5.74) is 2.91. The molecule has 1 aliphatic heterocycles. The zero-order chi connectivity index (χ0) is 7.78. The van der Waals surface area contributed by atoms with Crippen molar-refractivity contribution in [3.63, 3.8) is 0 Å². The van der Waals surface area contributed by atoms with E-state index in [-0.39, 0.29) is 5.54 Å². The van der Waals surface area contributed by atoms with Crippen LogP contribution in [-0.4, -0.2) is 16.6 Å². The van der Waals surface area contributed by atoms with E-state index in [2.05, 4.69) is 15.9 Å². The van der Waals surface area contributed by atoms with Gasteiger partial charge >= 0.3 is 6.03 Å². The van der Waals surface area contributed by atoms with Crippen LogP contribution in [0, 0.1) is 0 Å². The summed E-state index contributed by atoms with van der Waals surface area (Å²) in [6, 6.07) is -0.396. The first kappa shape index (κ1) is 6.98. The molecule has 0 aromatic carbocycles. The van der Waals surface area contributed by atoms with E-state index in [1.54, 1.807) is 0 Å². The van der Waals surface area contributed by atoms with Crippen LogP contribution in [0.15, 0.2) is 10.4 Å². The van der Waals surface area contributed by atoms with Gasteiger partial charge in [-0.2, -0.15) is 5.01 Å². The fraction of sp³-hybridized carbons (Fsp3) is 0.800. The number of nitrogens with zero attached hydrogens (tertiary/aromatic N) is 4. The van der Waals surface area contributed by atoms with E-state index in [1.807, 2.05) is 20.8 Å². The summed E-state index contributed by atoms with van der Waals surface area (Å²) in [5, 5.41) is 8.01.